The number of hydrogen-bond donors (Lipinski definition) is 1. The predicted octanol–water partition coefficient (Wildman–Crippen LogP) is 2.86. The van der Waals surface area contributed by atoms with Crippen LogP contribution in [-0.4, -0.2) is 10.1 Å². The lowest BCUT2D eigenvalue weighted by atomic mass is 9.99. The molecule has 0 aliphatic carbocycles. The maximum absolute atomic E-state index is 9.88. The highest BCUT2D eigenvalue weighted by Crippen LogP contribution is 2.21. The van der Waals surface area contributed by atoms with Crippen molar-refractivity contribution < 1.29 is 5.11 Å². The van der Waals surface area contributed by atoms with Crippen LogP contribution in [-0.2, 0) is 0 Å². The molecule has 1 aromatic heterocycles. The van der Waals surface area contributed by atoms with Crippen LogP contribution in [0, 0.1) is 12.8 Å². The summed E-state index contributed by atoms with van der Waals surface area (Å²) in [4.78, 5) is 4.18. The van der Waals surface area contributed by atoms with E-state index in [1.54, 1.807) is 6.20 Å². The topological polar surface area (TPSA) is 33.1 Å². The molecule has 14 heavy (non-hydrogen) atoms. The molecule has 0 amide bonds. The summed E-state index contributed by atoms with van der Waals surface area (Å²) in [6.07, 6.45) is 3.24. The Kier molecular flexibility index (Phi) is 4.08. The van der Waals surface area contributed by atoms with E-state index in [4.69, 9.17) is 0 Å². The maximum atomic E-state index is 9.88. The number of aromatic nitrogens is 1. The van der Waals surface area contributed by atoms with E-state index in [-0.39, 0.29) is 0 Å². The van der Waals surface area contributed by atoms with Gasteiger partial charge in [0.05, 0.1) is 11.8 Å². The summed E-state index contributed by atoms with van der Waals surface area (Å²) in [6.45, 7) is 6.31. The minimum Gasteiger partial charge on any atom is -0.387 e. The van der Waals surface area contributed by atoms with Crippen molar-refractivity contribution in [2.75, 3.05) is 0 Å². The van der Waals surface area contributed by atoms with Gasteiger partial charge in [0.15, 0.2) is 0 Å². The van der Waals surface area contributed by atoms with Crippen LogP contribution in [0.15, 0.2) is 18.3 Å². The average molecular weight is 193 g/mol. The molecule has 0 fully saturated rings. The van der Waals surface area contributed by atoms with Crippen LogP contribution >= 0.6 is 0 Å². The second kappa shape index (κ2) is 5.11. The fraction of sp³-hybridized carbons (Fsp3) is 0.583. The molecule has 0 aromatic carbocycles. The van der Waals surface area contributed by atoms with Gasteiger partial charge in [-0.15, -0.1) is 0 Å². The molecule has 0 saturated heterocycles. The van der Waals surface area contributed by atoms with Gasteiger partial charge in [-0.2, -0.15) is 0 Å². The zero-order valence-electron chi connectivity index (χ0n) is 9.20. The minimum absolute atomic E-state index is 0.412. The van der Waals surface area contributed by atoms with E-state index in [0.717, 1.165) is 24.1 Å². The molecule has 2 heteroatoms. The van der Waals surface area contributed by atoms with Gasteiger partial charge in [-0.25, -0.2) is 0 Å². The number of rotatable bonds is 4. The Hall–Kier alpha value is -0.890. The van der Waals surface area contributed by atoms with E-state index in [1.165, 1.54) is 0 Å². The van der Waals surface area contributed by atoms with Crippen molar-refractivity contribution in [1.82, 2.24) is 4.98 Å². The minimum atomic E-state index is -0.412. The Labute approximate surface area is 86.0 Å². The zero-order valence-corrected chi connectivity index (χ0v) is 9.20. The molecular weight excluding hydrogens is 174 g/mol. The first kappa shape index (κ1) is 11.2. The van der Waals surface area contributed by atoms with E-state index in [0.29, 0.717) is 5.92 Å². The average Bonchev–Trinajstić information content (AvgIpc) is 2.17. The van der Waals surface area contributed by atoms with Crippen LogP contribution in [0.5, 0.6) is 0 Å². The summed E-state index contributed by atoms with van der Waals surface area (Å²) >= 11 is 0. The molecule has 1 rings (SSSR count). The number of hydrogen-bond acceptors (Lipinski definition) is 2. The molecule has 2 atom stereocenters. The van der Waals surface area contributed by atoms with E-state index < -0.39 is 6.10 Å². The zero-order chi connectivity index (χ0) is 10.6. The molecule has 2 unspecified atom stereocenters. The summed E-state index contributed by atoms with van der Waals surface area (Å²) < 4.78 is 0. The summed E-state index contributed by atoms with van der Waals surface area (Å²) in [6, 6.07) is 3.90. The van der Waals surface area contributed by atoms with Crippen LogP contribution < -0.4 is 0 Å². The van der Waals surface area contributed by atoms with Gasteiger partial charge in [0, 0.05) is 6.20 Å². The molecule has 0 saturated carbocycles. The Bertz CT molecular complexity index is 285. The second-order valence-electron chi connectivity index (χ2n) is 4.02. The molecule has 1 N–H and O–H groups in total. The smallest absolute Gasteiger partial charge is 0.0962 e. The molecule has 2 nitrogen and oxygen atoms in total. The van der Waals surface area contributed by atoms with Gasteiger partial charge < -0.3 is 5.11 Å². The van der Waals surface area contributed by atoms with Gasteiger partial charge in [0.25, 0.3) is 0 Å². The van der Waals surface area contributed by atoms with Crippen molar-refractivity contribution >= 4 is 0 Å². The summed E-state index contributed by atoms with van der Waals surface area (Å²) in [5.74, 6) is 0.548. The highest BCUT2D eigenvalue weighted by Gasteiger charge is 2.12. The molecule has 1 heterocycles. The van der Waals surface area contributed by atoms with E-state index in [2.05, 4.69) is 18.8 Å². The van der Waals surface area contributed by atoms with Gasteiger partial charge in [-0.05, 0) is 37.0 Å². The lowest BCUT2D eigenvalue weighted by Crippen LogP contribution is -2.05. The maximum Gasteiger partial charge on any atom is 0.0962 e. The first-order valence-corrected chi connectivity index (χ1v) is 5.24. The molecule has 1 aromatic rings. The third-order valence-electron chi connectivity index (χ3n) is 2.60. The van der Waals surface area contributed by atoms with Crippen molar-refractivity contribution in [2.24, 2.45) is 5.92 Å². The third-order valence-corrected chi connectivity index (χ3v) is 2.60. The van der Waals surface area contributed by atoms with Crippen LogP contribution in [0.1, 0.15) is 44.1 Å². The fourth-order valence-corrected chi connectivity index (χ4v) is 1.41. The second-order valence-corrected chi connectivity index (χ2v) is 4.02. The van der Waals surface area contributed by atoms with Crippen LogP contribution in [0.2, 0.25) is 0 Å². The number of aliphatic hydroxyl groups excluding tert-OH is 1. The van der Waals surface area contributed by atoms with Gasteiger partial charge >= 0.3 is 0 Å². The lowest BCUT2D eigenvalue weighted by Gasteiger charge is -2.14. The highest BCUT2D eigenvalue weighted by molar-refractivity contribution is 5.16. The molecule has 0 aliphatic rings. The van der Waals surface area contributed by atoms with Crippen LogP contribution in [0.4, 0.5) is 0 Å². The predicted molar refractivity (Wildman–Crippen MR) is 58.0 cm³/mol. The number of aryl methyl sites for hydroxylation is 1. The van der Waals surface area contributed by atoms with Gasteiger partial charge in [0.2, 0.25) is 0 Å². The number of nitrogens with zero attached hydrogens (tertiary/aromatic N) is 1. The van der Waals surface area contributed by atoms with Gasteiger partial charge in [-0.1, -0.05) is 20.3 Å². The third kappa shape index (κ3) is 3.11. The fourth-order valence-electron chi connectivity index (χ4n) is 1.41. The van der Waals surface area contributed by atoms with Crippen molar-refractivity contribution in [2.45, 2.75) is 39.7 Å². The van der Waals surface area contributed by atoms with Gasteiger partial charge in [-0.3, -0.25) is 4.98 Å². The lowest BCUT2D eigenvalue weighted by molar-refractivity contribution is 0.142. The number of aliphatic hydroxyl groups is 1. The first-order chi connectivity index (χ1) is 6.63. The first-order valence-electron chi connectivity index (χ1n) is 5.24. The van der Waals surface area contributed by atoms with Crippen LogP contribution in [0.25, 0.3) is 0 Å². The highest BCUT2D eigenvalue weighted by atomic mass is 16.3. The SMILES string of the molecule is CCC(C)CC(O)c1cc(C)ccn1. The van der Waals surface area contributed by atoms with Gasteiger partial charge in [0.1, 0.15) is 0 Å². The monoisotopic (exact) mass is 193 g/mol. The standard InChI is InChI=1S/C12H19NO/c1-4-9(2)8-12(14)11-7-10(3)5-6-13-11/h5-7,9,12,14H,4,8H2,1-3H3. The van der Waals surface area contributed by atoms with E-state index in [9.17, 15) is 5.11 Å². The Morgan fingerprint density at radius 2 is 2.21 bits per heavy atom. The Balaban J connectivity index is 2.64. The Morgan fingerprint density at radius 3 is 2.79 bits per heavy atom. The normalized spacial score (nSPS) is 15.1. The summed E-state index contributed by atoms with van der Waals surface area (Å²) in [5, 5.41) is 9.88. The van der Waals surface area contributed by atoms with E-state index in [1.807, 2.05) is 19.1 Å². The molecule has 78 valence electrons. The Morgan fingerprint density at radius 1 is 1.50 bits per heavy atom. The number of pyridine rings is 1. The largest absolute Gasteiger partial charge is 0.387 e. The van der Waals surface area contributed by atoms with Crippen LogP contribution in [0.3, 0.4) is 0 Å². The molecule has 0 spiro atoms. The molecular formula is C12H19NO. The summed E-state index contributed by atoms with van der Waals surface area (Å²) in [7, 11) is 0. The molecule has 0 bridgehead atoms. The summed E-state index contributed by atoms with van der Waals surface area (Å²) in [5.41, 5.74) is 1.95. The van der Waals surface area contributed by atoms with Crippen molar-refractivity contribution in [3.63, 3.8) is 0 Å². The quantitative estimate of drug-likeness (QED) is 0.797. The van der Waals surface area contributed by atoms with Crippen molar-refractivity contribution in [3.05, 3.63) is 29.6 Å². The van der Waals surface area contributed by atoms with E-state index >= 15 is 0 Å². The van der Waals surface area contributed by atoms with Crippen molar-refractivity contribution in [1.29, 1.82) is 0 Å². The molecule has 0 radical (unpaired) electrons. The van der Waals surface area contributed by atoms with Crippen molar-refractivity contribution in [3.8, 4) is 0 Å². The molecule has 0 aliphatic heterocycles.